The van der Waals surface area contributed by atoms with Crippen LogP contribution in [0.3, 0.4) is 0 Å². The van der Waals surface area contributed by atoms with E-state index in [9.17, 15) is 0 Å². The summed E-state index contributed by atoms with van der Waals surface area (Å²) in [4.78, 5) is 0. The SMILES string of the molecule is CC(C)(C)c1c(C(C)(C)C)c2ccccc2c2ccccc12.CC(C)(C)c1cc2cc3ccccc3cc2cc1C(C)(C)C.CC(C)(C)c1cc2ccccc2cc1C(C)(C)C.CC(C)(C)c1ccccc1C(C)(C)C. The van der Waals surface area contributed by atoms with E-state index in [-0.39, 0.29) is 43.3 Å². The summed E-state index contributed by atoms with van der Waals surface area (Å²) in [7, 11) is 0. The lowest BCUT2D eigenvalue weighted by molar-refractivity contribution is 0.530. The van der Waals surface area contributed by atoms with Crippen molar-refractivity contribution >= 4 is 53.9 Å². The van der Waals surface area contributed by atoms with Crippen molar-refractivity contribution < 1.29 is 0 Å². The second-order valence-electron chi connectivity index (χ2n) is 30.1. The molecular formula is C76H98. The zero-order chi connectivity index (χ0) is 56.8. The van der Waals surface area contributed by atoms with Gasteiger partial charge in [-0.3, -0.25) is 0 Å². The fourth-order valence-corrected chi connectivity index (χ4v) is 11.2. The summed E-state index contributed by atoms with van der Waals surface area (Å²) in [5.41, 5.74) is 13.2. The molecule has 9 aromatic carbocycles. The van der Waals surface area contributed by atoms with Crippen LogP contribution in [0.5, 0.6) is 0 Å². The van der Waals surface area contributed by atoms with Crippen LogP contribution >= 0.6 is 0 Å². The van der Waals surface area contributed by atoms with Gasteiger partial charge in [0.1, 0.15) is 0 Å². The predicted octanol–water partition coefficient (Wildman–Crippen LogP) is 22.9. The van der Waals surface area contributed by atoms with Crippen molar-refractivity contribution in [3.8, 4) is 0 Å². The molecule has 76 heavy (non-hydrogen) atoms. The van der Waals surface area contributed by atoms with E-state index in [0.29, 0.717) is 0 Å². The highest BCUT2D eigenvalue weighted by molar-refractivity contribution is 6.11. The number of hydrogen-bond acceptors (Lipinski definition) is 0. The van der Waals surface area contributed by atoms with Crippen molar-refractivity contribution in [2.45, 2.75) is 209 Å². The molecule has 0 bridgehead atoms. The van der Waals surface area contributed by atoms with Crippen molar-refractivity contribution in [1.29, 1.82) is 0 Å². The van der Waals surface area contributed by atoms with E-state index >= 15 is 0 Å². The average molecular weight is 1010 g/mol. The van der Waals surface area contributed by atoms with E-state index in [1.165, 1.54) is 98.4 Å². The molecule has 0 aromatic heterocycles. The molecular weight excluding hydrogens is 913 g/mol. The molecule has 0 aliphatic carbocycles. The topological polar surface area (TPSA) is 0 Å². The van der Waals surface area contributed by atoms with Crippen molar-refractivity contribution in [2.75, 3.05) is 0 Å². The first kappa shape index (κ1) is 59.5. The Labute approximate surface area is 463 Å². The summed E-state index contributed by atoms with van der Waals surface area (Å²) in [6, 6.07) is 58.0. The molecule has 0 heterocycles. The third-order valence-corrected chi connectivity index (χ3v) is 14.9. The largest absolute Gasteiger partial charge is 0.0620 e. The molecule has 0 unspecified atom stereocenters. The van der Waals surface area contributed by atoms with Gasteiger partial charge in [0, 0.05) is 0 Å². The van der Waals surface area contributed by atoms with Crippen LogP contribution in [0.4, 0.5) is 0 Å². The molecule has 0 saturated heterocycles. The predicted molar refractivity (Wildman–Crippen MR) is 343 cm³/mol. The molecule has 0 atom stereocenters. The standard InChI is InChI=1S/2C22H26.C18H24.C14H22/c1-21(2,3)19-17-13-9-7-11-15(17)16-12-8-10-14-18(16)20(19)22(4,5)6;1-21(2,3)19-13-17-11-15-9-7-8-10-16(15)12-18(17)14-20(19)22(4,5)6;1-17(2,3)15-11-13-9-7-8-10-14(13)12-16(15)18(4,5)6;1-13(2,3)11-9-7-8-10-12(11)14(4,5)6/h2*7-14H,1-6H3;7-12H,1-6H3;7-10H,1-6H3. The summed E-state index contributed by atoms with van der Waals surface area (Å²) >= 11 is 0. The molecule has 0 N–H and O–H groups in total. The highest BCUT2D eigenvalue weighted by atomic mass is 14.3. The van der Waals surface area contributed by atoms with Crippen LogP contribution in [-0.2, 0) is 43.3 Å². The van der Waals surface area contributed by atoms with E-state index in [1.807, 2.05) is 0 Å². The van der Waals surface area contributed by atoms with Gasteiger partial charge in [-0.15, -0.1) is 0 Å². The van der Waals surface area contributed by atoms with Gasteiger partial charge in [0.25, 0.3) is 0 Å². The van der Waals surface area contributed by atoms with E-state index in [2.05, 4.69) is 324 Å². The van der Waals surface area contributed by atoms with E-state index in [4.69, 9.17) is 0 Å². The van der Waals surface area contributed by atoms with Crippen molar-refractivity contribution in [3.05, 3.63) is 202 Å². The van der Waals surface area contributed by atoms with Crippen molar-refractivity contribution in [1.82, 2.24) is 0 Å². The zero-order valence-corrected chi connectivity index (χ0v) is 52.0. The van der Waals surface area contributed by atoms with Gasteiger partial charge in [0.15, 0.2) is 0 Å². The first-order valence-electron chi connectivity index (χ1n) is 28.4. The van der Waals surface area contributed by atoms with Crippen LogP contribution in [-0.4, -0.2) is 0 Å². The monoisotopic (exact) mass is 1010 g/mol. The Bertz CT molecular complexity index is 3230. The minimum atomic E-state index is 0.117. The van der Waals surface area contributed by atoms with Crippen LogP contribution < -0.4 is 0 Å². The van der Waals surface area contributed by atoms with Gasteiger partial charge in [-0.2, -0.15) is 0 Å². The Balaban J connectivity index is 0.000000167. The van der Waals surface area contributed by atoms with Gasteiger partial charge in [0.05, 0.1) is 0 Å². The zero-order valence-electron chi connectivity index (χ0n) is 52.0. The first-order chi connectivity index (χ1) is 34.8. The molecule has 9 rings (SSSR count). The molecule has 0 amide bonds. The van der Waals surface area contributed by atoms with Gasteiger partial charge < -0.3 is 0 Å². The highest BCUT2D eigenvalue weighted by Gasteiger charge is 2.31. The summed E-state index contributed by atoms with van der Waals surface area (Å²) in [6.07, 6.45) is 0. The van der Waals surface area contributed by atoms with E-state index in [0.717, 1.165) is 0 Å². The third-order valence-electron chi connectivity index (χ3n) is 14.9. The summed E-state index contributed by atoms with van der Waals surface area (Å²) in [5, 5.41) is 13.6. The quantitative estimate of drug-likeness (QED) is 0.105. The minimum absolute atomic E-state index is 0.117. The Hall–Kier alpha value is -5.72. The van der Waals surface area contributed by atoms with Crippen molar-refractivity contribution in [3.63, 3.8) is 0 Å². The maximum atomic E-state index is 2.41. The molecule has 0 fully saturated rings. The highest BCUT2D eigenvalue weighted by Crippen LogP contribution is 2.45. The molecule has 0 heteroatoms. The van der Waals surface area contributed by atoms with E-state index < -0.39 is 0 Å². The number of rotatable bonds is 0. The Kier molecular flexibility index (Phi) is 16.9. The van der Waals surface area contributed by atoms with Crippen LogP contribution in [0.15, 0.2) is 158 Å². The second-order valence-corrected chi connectivity index (χ2v) is 30.1. The lowest BCUT2D eigenvalue weighted by Crippen LogP contribution is -2.23. The Morgan fingerprint density at radius 3 is 0.605 bits per heavy atom. The number of hydrogen-bond donors (Lipinski definition) is 0. The Morgan fingerprint density at radius 2 is 0.368 bits per heavy atom. The van der Waals surface area contributed by atoms with Crippen LogP contribution in [0.25, 0.3) is 53.9 Å². The summed E-state index contributed by atoms with van der Waals surface area (Å²) < 4.78 is 0. The third kappa shape index (κ3) is 13.9. The van der Waals surface area contributed by atoms with Crippen LogP contribution in [0.1, 0.15) is 211 Å². The number of benzene rings is 9. The smallest absolute Gasteiger partial charge is 0.0102 e. The lowest BCUT2D eigenvalue weighted by Gasteiger charge is -2.33. The molecule has 0 spiro atoms. The first-order valence-corrected chi connectivity index (χ1v) is 28.4. The second kappa shape index (κ2) is 21.6. The fraction of sp³-hybridized carbons (Fsp3) is 0.421. The minimum Gasteiger partial charge on any atom is -0.0620 e. The number of fused-ring (bicyclic) bond motifs is 6. The van der Waals surface area contributed by atoms with Gasteiger partial charge in [0.2, 0.25) is 0 Å². The van der Waals surface area contributed by atoms with Gasteiger partial charge >= 0.3 is 0 Å². The lowest BCUT2D eigenvalue weighted by atomic mass is 9.71. The molecule has 0 saturated carbocycles. The van der Waals surface area contributed by atoms with E-state index in [1.54, 1.807) is 0 Å². The molecule has 402 valence electrons. The molecule has 9 aromatic rings. The average Bonchev–Trinajstić information content (AvgIpc) is 3.30. The van der Waals surface area contributed by atoms with Gasteiger partial charge in [-0.05, 0) is 154 Å². The summed E-state index contributed by atoms with van der Waals surface area (Å²) in [6.45, 7) is 55.3. The Morgan fingerprint density at radius 1 is 0.171 bits per heavy atom. The van der Waals surface area contributed by atoms with Crippen LogP contribution in [0, 0.1) is 0 Å². The van der Waals surface area contributed by atoms with Gasteiger partial charge in [-0.1, -0.05) is 312 Å². The fourth-order valence-electron chi connectivity index (χ4n) is 11.2. The molecule has 0 nitrogen and oxygen atoms in total. The summed E-state index contributed by atoms with van der Waals surface area (Å²) in [5.74, 6) is 0. The molecule has 0 aliphatic heterocycles. The van der Waals surface area contributed by atoms with Crippen LogP contribution in [0.2, 0.25) is 0 Å². The van der Waals surface area contributed by atoms with Gasteiger partial charge in [-0.25, -0.2) is 0 Å². The normalized spacial score (nSPS) is 13.0. The van der Waals surface area contributed by atoms with Crippen molar-refractivity contribution in [2.24, 2.45) is 0 Å². The molecule has 0 radical (unpaired) electrons. The maximum Gasteiger partial charge on any atom is -0.0102 e. The maximum absolute atomic E-state index is 2.41. The molecule has 0 aliphatic rings.